The first kappa shape index (κ1) is 15.0. The molecule has 1 N–H and O–H groups in total. The number of nitrogens with one attached hydrogen (secondary N) is 1. The van der Waals surface area contributed by atoms with Gasteiger partial charge < -0.3 is 10.1 Å². The van der Waals surface area contributed by atoms with Gasteiger partial charge in [-0.2, -0.15) is 0 Å². The van der Waals surface area contributed by atoms with Gasteiger partial charge in [0.15, 0.2) is 0 Å². The van der Waals surface area contributed by atoms with Crippen molar-refractivity contribution in [2.75, 3.05) is 32.8 Å². The van der Waals surface area contributed by atoms with Gasteiger partial charge in [-0.15, -0.1) is 0 Å². The molecule has 2 aliphatic rings. The maximum absolute atomic E-state index is 5.61. The van der Waals surface area contributed by atoms with Crippen molar-refractivity contribution in [3.63, 3.8) is 0 Å². The highest BCUT2D eigenvalue weighted by Gasteiger charge is 2.48. The zero-order chi connectivity index (χ0) is 14.7. The average Bonchev–Trinajstić information content (AvgIpc) is 3.35. The van der Waals surface area contributed by atoms with Crippen LogP contribution in [0.1, 0.15) is 38.3 Å². The van der Waals surface area contributed by atoms with Gasteiger partial charge in [-0.3, -0.25) is 4.90 Å². The Morgan fingerprint density at radius 1 is 1.29 bits per heavy atom. The first-order valence-corrected chi connectivity index (χ1v) is 8.35. The Morgan fingerprint density at radius 2 is 2.05 bits per heavy atom. The van der Waals surface area contributed by atoms with Gasteiger partial charge in [0.05, 0.1) is 6.61 Å². The third-order valence-corrected chi connectivity index (χ3v) is 5.20. The summed E-state index contributed by atoms with van der Waals surface area (Å²) in [5, 5.41) is 3.79. The molecule has 0 spiro atoms. The third-order valence-electron chi connectivity index (χ3n) is 5.20. The largest absolute Gasteiger partial charge is 0.380 e. The summed E-state index contributed by atoms with van der Waals surface area (Å²) in [5.41, 5.74) is 1.71. The van der Waals surface area contributed by atoms with Crippen molar-refractivity contribution in [2.45, 2.75) is 38.3 Å². The lowest BCUT2D eigenvalue weighted by atomic mass is 9.88. The molecule has 1 saturated heterocycles. The predicted octanol–water partition coefficient (Wildman–Crippen LogP) is 2.84. The molecule has 2 fully saturated rings. The molecule has 2 unspecified atom stereocenters. The molecule has 1 aromatic rings. The lowest BCUT2D eigenvalue weighted by molar-refractivity contribution is 0.00848. The number of hydrogen-bond acceptors (Lipinski definition) is 3. The minimum absolute atomic E-state index is 0.308. The summed E-state index contributed by atoms with van der Waals surface area (Å²) in [4.78, 5) is 2.68. The molecular formula is C18H28N2O. The molecule has 0 bridgehead atoms. The Balaban J connectivity index is 1.70. The maximum Gasteiger partial charge on any atom is 0.0593 e. The van der Waals surface area contributed by atoms with Crippen LogP contribution in [0.3, 0.4) is 0 Å². The summed E-state index contributed by atoms with van der Waals surface area (Å²) < 4.78 is 5.61. The van der Waals surface area contributed by atoms with E-state index in [4.69, 9.17) is 4.74 Å². The molecule has 21 heavy (non-hydrogen) atoms. The van der Waals surface area contributed by atoms with E-state index in [0.29, 0.717) is 11.6 Å². The predicted molar refractivity (Wildman–Crippen MR) is 86.4 cm³/mol. The molecule has 116 valence electrons. The molecule has 1 aliphatic carbocycles. The quantitative estimate of drug-likeness (QED) is 0.815. The van der Waals surface area contributed by atoms with E-state index < -0.39 is 0 Å². The van der Waals surface area contributed by atoms with E-state index in [1.165, 1.54) is 18.4 Å². The Morgan fingerprint density at radius 3 is 2.71 bits per heavy atom. The summed E-state index contributed by atoms with van der Waals surface area (Å²) >= 11 is 0. The molecule has 0 amide bonds. The second kappa shape index (κ2) is 6.47. The van der Waals surface area contributed by atoms with E-state index in [2.05, 4.69) is 54.4 Å². The summed E-state index contributed by atoms with van der Waals surface area (Å²) in [7, 11) is 0. The Hall–Kier alpha value is -0.900. The SMILES string of the molecule is CCOCCN1CC(c2ccccc2)NCC1(C)C1CC1. The number of benzene rings is 1. The van der Waals surface area contributed by atoms with Crippen LogP contribution in [0, 0.1) is 5.92 Å². The lowest BCUT2D eigenvalue weighted by Crippen LogP contribution is -2.62. The molecule has 2 atom stereocenters. The van der Waals surface area contributed by atoms with Crippen molar-refractivity contribution in [2.24, 2.45) is 5.92 Å². The summed E-state index contributed by atoms with van der Waals surface area (Å²) in [6.07, 6.45) is 2.78. The van der Waals surface area contributed by atoms with Gasteiger partial charge in [-0.1, -0.05) is 30.3 Å². The molecule has 0 radical (unpaired) electrons. The Labute approximate surface area is 128 Å². The van der Waals surface area contributed by atoms with Crippen LogP contribution in [0.25, 0.3) is 0 Å². The standard InChI is InChI=1S/C18H28N2O/c1-3-21-12-11-20-13-17(15-7-5-4-6-8-15)19-14-18(20,2)16-9-10-16/h4-8,16-17,19H,3,9-14H2,1-2H3. The second-order valence-corrected chi connectivity index (χ2v) is 6.62. The number of piperazine rings is 1. The van der Waals surface area contributed by atoms with Gasteiger partial charge in [0.1, 0.15) is 0 Å². The van der Waals surface area contributed by atoms with Gasteiger partial charge in [0.25, 0.3) is 0 Å². The average molecular weight is 288 g/mol. The second-order valence-electron chi connectivity index (χ2n) is 6.62. The molecule has 0 aromatic heterocycles. The Bertz CT molecular complexity index is 446. The van der Waals surface area contributed by atoms with Crippen molar-refractivity contribution in [1.29, 1.82) is 0 Å². The van der Waals surface area contributed by atoms with Gasteiger partial charge in [-0.25, -0.2) is 0 Å². The van der Waals surface area contributed by atoms with Crippen LogP contribution in [0.2, 0.25) is 0 Å². The minimum atomic E-state index is 0.308. The van der Waals surface area contributed by atoms with Crippen LogP contribution in [-0.2, 0) is 4.74 Å². The van der Waals surface area contributed by atoms with Crippen LogP contribution in [0.15, 0.2) is 30.3 Å². The highest BCUT2D eigenvalue weighted by atomic mass is 16.5. The number of nitrogens with zero attached hydrogens (tertiary/aromatic N) is 1. The normalized spacial score (nSPS) is 30.5. The van der Waals surface area contributed by atoms with Gasteiger partial charge in [0.2, 0.25) is 0 Å². The van der Waals surface area contributed by atoms with Gasteiger partial charge in [0, 0.05) is 37.8 Å². The highest BCUT2D eigenvalue weighted by Crippen LogP contribution is 2.44. The van der Waals surface area contributed by atoms with Crippen LogP contribution in [0.5, 0.6) is 0 Å². The molecule has 3 rings (SSSR count). The van der Waals surface area contributed by atoms with Crippen LogP contribution in [-0.4, -0.2) is 43.3 Å². The van der Waals surface area contributed by atoms with E-state index >= 15 is 0 Å². The Kier molecular flexibility index (Phi) is 4.63. The molecule has 1 aliphatic heterocycles. The molecule has 1 saturated carbocycles. The zero-order valence-electron chi connectivity index (χ0n) is 13.3. The fourth-order valence-corrected chi connectivity index (χ4v) is 3.62. The van der Waals surface area contributed by atoms with Crippen molar-refractivity contribution >= 4 is 0 Å². The van der Waals surface area contributed by atoms with E-state index in [1.807, 2.05) is 0 Å². The number of ether oxygens (including phenoxy) is 1. The zero-order valence-corrected chi connectivity index (χ0v) is 13.3. The summed E-state index contributed by atoms with van der Waals surface area (Å²) in [6.45, 7) is 9.39. The molecule has 3 heteroatoms. The summed E-state index contributed by atoms with van der Waals surface area (Å²) in [5.74, 6) is 0.864. The van der Waals surface area contributed by atoms with E-state index in [9.17, 15) is 0 Å². The van der Waals surface area contributed by atoms with Crippen LogP contribution < -0.4 is 5.32 Å². The van der Waals surface area contributed by atoms with E-state index in [-0.39, 0.29) is 0 Å². The number of hydrogen-bond donors (Lipinski definition) is 1. The summed E-state index contributed by atoms with van der Waals surface area (Å²) in [6, 6.07) is 11.3. The van der Waals surface area contributed by atoms with Crippen molar-refractivity contribution < 1.29 is 4.74 Å². The fraction of sp³-hybridized carbons (Fsp3) is 0.667. The smallest absolute Gasteiger partial charge is 0.0593 e. The molecule has 3 nitrogen and oxygen atoms in total. The molecular weight excluding hydrogens is 260 g/mol. The minimum Gasteiger partial charge on any atom is -0.380 e. The first-order valence-electron chi connectivity index (χ1n) is 8.35. The van der Waals surface area contributed by atoms with Gasteiger partial charge in [-0.05, 0) is 38.2 Å². The van der Waals surface area contributed by atoms with Crippen molar-refractivity contribution in [3.8, 4) is 0 Å². The molecule has 1 aromatic carbocycles. The van der Waals surface area contributed by atoms with E-state index in [1.54, 1.807) is 0 Å². The lowest BCUT2D eigenvalue weighted by Gasteiger charge is -2.49. The van der Waals surface area contributed by atoms with Crippen molar-refractivity contribution in [3.05, 3.63) is 35.9 Å². The van der Waals surface area contributed by atoms with Crippen LogP contribution >= 0.6 is 0 Å². The highest BCUT2D eigenvalue weighted by molar-refractivity contribution is 5.21. The van der Waals surface area contributed by atoms with Crippen molar-refractivity contribution in [1.82, 2.24) is 10.2 Å². The molecule has 1 heterocycles. The first-order chi connectivity index (χ1) is 10.2. The fourth-order valence-electron chi connectivity index (χ4n) is 3.62. The number of rotatable bonds is 6. The topological polar surface area (TPSA) is 24.5 Å². The van der Waals surface area contributed by atoms with E-state index in [0.717, 1.165) is 38.8 Å². The van der Waals surface area contributed by atoms with Crippen LogP contribution in [0.4, 0.5) is 0 Å². The maximum atomic E-state index is 5.61. The third kappa shape index (κ3) is 3.31. The monoisotopic (exact) mass is 288 g/mol. The van der Waals surface area contributed by atoms with Gasteiger partial charge >= 0.3 is 0 Å².